The van der Waals surface area contributed by atoms with E-state index in [-0.39, 0.29) is 18.0 Å². The number of carbonyl (C=O) groups is 1. The van der Waals surface area contributed by atoms with E-state index in [1.165, 1.54) is 0 Å². The average molecular weight is 328 g/mol. The van der Waals surface area contributed by atoms with Crippen molar-refractivity contribution in [1.82, 2.24) is 14.9 Å². The van der Waals surface area contributed by atoms with Crippen LogP contribution in [0.25, 0.3) is 11.0 Å². The summed E-state index contributed by atoms with van der Waals surface area (Å²) >= 11 is 11.9. The standard InChI is InChI=1S/C15H19Cl2N3O/c1-9(2)18-15(21)10(3)20-13-5-4-11(17)8-12(13)19-14(20)6-7-16/h4-5,8-10H,6-7H2,1-3H3,(H,18,21). The normalized spacial score (nSPS) is 12.9. The van der Waals surface area contributed by atoms with Crippen molar-refractivity contribution in [3.63, 3.8) is 0 Å². The molecular formula is C15H19Cl2N3O. The van der Waals surface area contributed by atoms with Crippen molar-refractivity contribution in [3.8, 4) is 0 Å². The van der Waals surface area contributed by atoms with Crippen LogP contribution in [0, 0.1) is 0 Å². The van der Waals surface area contributed by atoms with Crippen LogP contribution in [0.4, 0.5) is 0 Å². The third kappa shape index (κ3) is 3.50. The number of hydrogen-bond acceptors (Lipinski definition) is 2. The van der Waals surface area contributed by atoms with Gasteiger partial charge in [-0.15, -0.1) is 11.6 Å². The van der Waals surface area contributed by atoms with Gasteiger partial charge in [-0.25, -0.2) is 4.98 Å². The first-order valence-electron chi connectivity index (χ1n) is 6.96. The summed E-state index contributed by atoms with van der Waals surface area (Å²) in [6.07, 6.45) is 0.604. The molecule has 4 nitrogen and oxygen atoms in total. The number of nitrogens with zero attached hydrogens (tertiary/aromatic N) is 2. The van der Waals surface area contributed by atoms with Gasteiger partial charge in [-0.3, -0.25) is 4.79 Å². The largest absolute Gasteiger partial charge is 0.352 e. The molecule has 1 heterocycles. The van der Waals surface area contributed by atoms with Crippen molar-refractivity contribution in [2.24, 2.45) is 0 Å². The fourth-order valence-corrected chi connectivity index (χ4v) is 2.67. The van der Waals surface area contributed by atoms with E-state index >= 15 is 0 Å². The molecule has 1 aromatic carbocycles. The number of nitrogens with one attached hydrogen (secondary N) is 1. The number of hydrogen-bond donors (Lipinski definition) is 1. The van der Waals surface area contributed by atoms with Gasteiger partial charge in [0.25, 0.3) is 0 Å². The van der Waals surface area contributed by atoms with E-state index in [1.54, 1.807) is 12.1 Å². The zero-order chi connectivity index (χ0) is 15.6. The number of benzene rings is 1. The summed E-state index contributed by atoms with van der Waals surface area (Å²) in [6, 6.07) is 5.25. The highest BCUT2D eigenvalue weighted by Gasteiger charge is 2.21. The number of halogens is 2. The second-order valence-corrected chi connectivity index (χ2v) is 6.12. The summed E-state index contributed by atoms with van der Waals surface area (Å²) in [5, 5.41) is 3.56. The molecule has 0 saturated carbocycles. The number of amides is 1. The molecule has 1 atom stereocenters. The molecule has 1 N–H and O–H groups in total. The summed E-state index contributed by atoms with van der Waals surface area (Å²) < 4.78 is 1.94. The molecule has 0 aliphatic rings. The van der Waals surface area contributed by atoms with Gasteiger partial charge in [0.15, 0.2) is 0 Å². The predicted molar refractivity (Wildman–Crippen MR) is 87.2 cm³/mol. The summed E-state index contributed by atoms with van der Waals surface area (Å²) in [7, 11) is 0. The van der Waals surface area contributed by atoms with Gasteiger partial charge in [0.1, 0.15) is 11.9 Å². The molecule has 1 amide bonds. The first kappa shape index (κ1) is 16.1. The lowest BCUT2D eigenvalue weighted by Gasteiger charge is -2.18. The highest BCUT2D eigenvalue weighted by molar-refractivity contribution is 6.31. The minimum absolute atomic E-state index is 0.0323. The van der Waals surface area contributed by atoms with E-state index in [0.717, 1.165) is 16.9 Å². The molecule has 2 aromatic rings. The lowest BCUT2D eigenvalue weighted by Crippen LogP contribution is -2.36. The Labute approximate surface area is 134 Å². The topological polar surface area (TPSA) is 46.9 Å². The van der Waals surface area contributed by atoms with Crippen LogP contribution in [0.3, 0.4) is 0 Å². The summed E-state index contributed by atoms with van der Waals surface area (Å²) in [5.41, 5.74) is 1.68. The van der Waals surface area contributed by atoms with Crippen LogP contribution < -0.4 is 5.32 Å². The highest BCUT2D eigenvalue weighted by atomic mass is 35.5. The molecule has 1 aromatic heterocycles. The van der Waals surface area contributed by atoms with Gasteiger partial charge >= 0.3 is 0 Å². The summed E-state index contributed by atoms with van der Waals surface area (Å²) in [4.78, 5) is 16.9. The summed E-state index contributed by atoms with van der Waals surface area (Å²) in [5.74, 6) is 1.22. The second kappa shape index (κ2) is 6.67. The van der Waals surface area contributed by atoms with Crippen LogP contribution in [0.5, 0.6) is 0 Å². The Hall–Kier alpha value is -1.26. The van der Waals surface area contributed by atoms with Gasteiger partial charge in [0.2, 0.25) is 5.91 Å². The number of rotatable bonds is 5. The number of alkyl halides is 1. The molecule has 0 spiro atoms. The van der Waals surface area contributed by atoms with E-state index < -0.39 is 0 Å². The van der Waals surface area contributed by atoms with Crippen molar-refractivity contribution >= 4 is 40.1 Å². The zero-order valence-electron chi connectivity index (χ0n) is 12.4. The van der Waals surface area contributed by atoms with E-state index in [4.69, 9.17) is 23.2 Å². The van der Waals surface area contributed by atoms with Crippen molar-refractivity contribution in [2.45, 2.75) is 39.3 Å². The molecule has 0 bridgehead atoms. The van der Waals surface area contributed by atoms with Crippen molar-refractivity contribution < 1.29 is 4.79 Å². The summed E-state index contributed by atoms with van der Waals surface area (Å²) in [6.45, 7) is 5.75. The van der Waals surface area contributed by atoms with Gasteiger partial charge in [0.05, 0.1) is 11.0 Å². The van der Waals surface area contributed by atoms with Gasteiger partial charge in [-0.05, 0) is 39.0 Å². The molecule has 0 saturated heterocycles. The van der Waals surface area contributed by atoms with E-state index in [2.05, 4.69) is 10.3 Å². The number of aromatic nitrogens is 2. The second-order valence-electron chi connectivity index (χ2n) is 5.31. The number of imidazole rings is 1. The van der Waals surface area contributed by atoms with Gasteiger partial charge in [-0.2, -0.15) is 0 Å². The van der Waals surface area contributed by atoms with E-state index in [0.29, 0.717) is 17.3 Å². The maximum absolute atomic E-state index is 12.3. The lowest BCUT2D eigenvalue weighted by atomic mass is 10.2. The molecule has 0 radical (unpaired) electrons. The van der Waals surface area contributed by atoms with Gasteiger partial charge in [-0.1, -0.05) is 11.6 Å². The fourth-order valence-electron chi connectivity index (χ4n) is 2.34. The Morgan fingerprint density at radius 2 is 2.10 bits per heavy atom. The molecule has 1 unspecified atom stereocenters. The van der Waals surface area contributed by atoms with E-state index in [9.17, 15) is 4.79 Å². The van der Waals surface area contributed by atoms with E-state index in [1.807, 2.05) is 31.4 Å². The monoisotopic (exact) mass is 327 g/mol. The minimum Gasteiger partial charge on any atom is -0.352 e. The maximum atomic E-state index is 12.3. The third-order valence-electron chi connectivity index (χ3n) is 3.24. The van der Waals surface area contributed by atoms with Crippen molar-refractivity contribution in [1.29, 1.82) is 0 Å². The van der Waals surface area contributed by atoms with Crippen LogP contribution in [0.15, 0.2) is 18.2 Å². The third-order valence-corrected chi connectivity index (χ3v) is 3.66. The Bertz CT molecular complexity index is 652. The fraction of sp³-hybridized carbons (Fsp3) is 0.467. The number of carbonyl (C=O) groups excluding carboxylic acids is 1. The number of fused-ring (bicyclic) bond motifs is 1. The molecular weight excluding hydrogens is 309 g/mol. The van der Waals surface area contributed by atoms with Crippen molar-refractivity contribution in [2.75, 3.05) is 5.88 Å². The molecule has 0 fully saturated rings. The number of aryl methyl sites for hydroxylation is 1. The average Bonchev–Trinajstić information content (AvgIpc) is 2.74. The maximum Gasteiger partial charge on any atom is 0.243 e. The molecule has 0 aliphatic carbocycles. The van der Waals surface area contributed by atoms with Crippen LogP contribution in [-0.4, -0.2) is 27.4 Å². The van der Waals surface area contributed by atoms with Gasteiger partial charge < -0.3 is 9.88 Å². The smallest absolute Gasteiger partial charge is 0.243 e. The first-order chi connectivity index (χ1) is 9.93. The Kier molecular flexibility index (Phi) is 5.12. The quantitative estimate of drug-likeness (QED) is 0.853. The molecule has 0 aliphatic heterocycles. The Morgan fingerprint density at radius 3 is 2.71 bits per heavy atom. The van der Waals surface area contributed by atoms with Crippen molar-refractivity contribution in [3.05, 3.63) is 29.0 Å². The predicted octanol–water partition coefficient (Wildman–Crippen LogP) is 3.56. The SMILES string of the molecule is CC(C)NC(=O)C(C)n1c(CCCl)nc2cc(Cl)ccc21. The highest BCUT2D eigenvalue weighted by Crippen LogP contribution is 2.25. The first-order valence-corrected chi connectivity index (χ1v) is 7.88. The van der Waals surface area contributed by atoms with Gasteiger partial charge in [0, 0.05) is 23.4 Å². The molecule has 21 heavy (non-hydrogen) atoms. The molecule has 2 rings (SSSR count). The van der Waals surface area contributed by atoms with Crippen LogP contribution in [0.2, 0.25) is 5.02 Å². The Morgan fingerprint density at radius 1 is 1.38 bits per heavy atom. The van der Waals surface area contributed by atoms with Crippen LogP contribution in [0.1, 0.15) is 32.6 Å². The Balaban J connectivity index is 2.49. The van der Waals surface area contributed by atoms with Crippen LogP contribution in [-0.2, 0) is 11.2 Å². The molecule has 6 heteroatoms. The lowest BCUT2D eigenvalue weighted by molar-refractivity contribution is -0.124. The zero-order valence-corrected chi connectivity index (χ0v) is 13.9. The minimum atomic E-state index is -0.350. The molecule has 114 valence electrons. The van der Waals surface area contributed by atoms with Crippen LogP contribution >= 0.6 is 23.2 Å².